The number of hydrogen-bond acceptors (Lipinski definition) is 8. The van der Waals surface area contributed by atoms with Crippen molar-refractivity contribution in [1.29, 1.82) is 0 Å². The van der Waals surface area contributed by atoms with E-state index in [2.05, 4.69) is 10.6 Å². The molecular formula is C14H20N2O10. The van der Waals surface area contributed by atoms with E-state index >= 15 is 0 Å². The Morgan fingerprint density at radius 1 is 0.731 bits per heavy atom. The highest BCUT2D eigenvalue weighted by molar-refractivity contribution is 5.93. The molecule has 2 unspecified atom stereocenters. The highest BCUT2D eigenvalue weighted by atomic mass is 16.6. The Kier molecular flexibility index (Phi) is 9.99. The maximum atomic E-state index is 12.1. The molecule has 0 fully saturated rings. The maximum absolute atomic E-state index is 12.1. The lowest BCUT2D eigenvalue weighted by Crippen LogP contribution is -2.53. The number of carboxylic acid groups (broad SMARTS) is 2. The molecule has 2 atom stereocenters. The van der Waals surface area contributed by atoms with Crippen LogP contribution in [0.1, 0.15) is 26.7 Å². The minimum atomic E-state index is -1.88. The summed E-state index contributed by atoms with van der Waals surface area (Å²) in [5.41, 5.74) is 0. The standard InChI is InChI=1S/C14H20N2O10/c1-7(17)25-11(13(23)15-5-3-9(19)20)12(26-8(2)18)14(24)16-6-4-10(21)22/h11-12H,3-6H2,1-2H3,(H,15,23)(H,16,24)(H,19,20)(H,21,22). The largest absolute Gasteiger partial charge is 0.481 e. The number of esters is 2. The number of amides is 2. The Morgan fingerprint density at radius 3 is 1.27 bits per heavy atom. The molecule has 0 saturated carbocycles. The lowest BCUT2D eigenvalue weighted by atomic mass is 10.1. The minimum Gasteiger partial charge on any atom is -0.481 e. The summed E-state index contributed by atoms with van der Waals surface area (Å²) in [6.45, 7) is 1.26. The first-order chi connectivity index (χ1) is 12.0. The van der Waals surface area contributed by atoms with Gasteiger partial charge in [-0.15, -0.1) is 0 Å². The second kappa shape index (κ2) is 11.4. The van der Waals surface area contributed by atoms with Gasteiger partial charge in [-0.25, -0.2) is 0 Å². The van der Waals surface area contributed by atoms with Gasteiger partial charge < -0.3 is 30.3 Å². The minimum absolute atomic E-state index is 0.320. The van der Waals surface area contributed by atoms with Crippen LogP contribution in [0.5, 0.6) is 0 Å². The molecule has 12 nitrogen and oxygen atoms in total. The molecule has 0 aliphatic heterocycles. The van der Waals surface area contributed by atoms with Crippen LogP contribution >= 0.6 is 0 Å². The van der Waals surface area contributed by atoms with Gasteiger partial charge in [0.15, 0.2) is 0 Å². The van der Waals surface area contributed by atoms with Gasteiger partial charge in [0.25, 0.3) is 11.8 Å². The summed E-state index contributed by atoms with van der Waals surface area (Å²) in [5.74, 6) is -6.42. The first-order valence-electron chi connectivity index (χ1n) is 7.38. The van der Waals surface area contributed by atoms with Crippen LogP contribution in [0.3, 0.4) is 0 Å². The van der Waals surface area contributed by atoms with E-state index in [1.165, 1.54) is 0 Å². The number of ether oxygens (including phenoxy) is 2. The molecule has 0 heterocycles. The van der Waals surface area contributed by atoms with Crippen molar-refractivity contribution in [1.82, 2.24) is 10.6 Å². The van der Waals surface area contributed by atoms with Gasteiger partial charge in [0.05, 0.1) is 12.8 Å². The van der Waals surface area contributed by atoms with E-state index in [1.54, 1.807) is 0 Å². The third kappa shape index (κ3) is 9.85. The van der Waals surface area contributed by atoms with E-state index in [9.17, 15) is 28.8 Å². The zero-order chi connectivity index (χ0) is 20.3. The van der Waals surface area contributed by atoms with Gasteiger partial charge in [-0.05, 0) is 0 Å². The molecule has 12 heteroatoms. The lowest BCUT2D eigenvalue weighted by molar-refractivity contribution is -0.174. The van der Waals surface area contributed by atoms with Gasteiger partial charge in [0, 0.05) is 26.9 Å². The lowest BCUT2D eigenvalue weighted by Gasteiger charge is -2.24. The summed E-state index contributed by atoms with van der Waals surface area (Å²) in [7, 11) is 0. The van der Waals surface area contributed by atoms with Crippen LogP contribution in [0.4, 0.5) is 0 Å². The predicted molar refractivity (Wildman–Crippen MR) is 81.6 cm³/mol. The van der Waals surface area contributed by atoms with Crippen molar-refractivity contribution in [2.24, 2.45) is 0 Å². The molecule has 0 aliphatic carbocycles. The van der Waals surface area contributed by atoms with Gasteiger partial charge in [0.2, 0.25) is 12.2 Å². The molecule has 146 valence electrons. The zero-order valence-corrected chi connectivity index (χ0v) is 14.1. The van der Waals surface area contributed by atoms with E-state index in [0.717, 1.165) is 13.8 Å². The number of carboxylic acids is 2. The molecule has 0 bridgehead atoms. The Labute approximate surface area is 147 Å². The molecule has 4 N–H and O–H groups in total. The molecule has 0 radical (unpaired) electrons. The molecule has 0 rings (SSSR count). The quantitative estimate of drug-likeness (QED) is 0.295. The Morgan fingerprint density at radius 2 is 1.04 bits per heavy atom. The average Bonchev–Trinajstić information content (AvgIpc) is 2.49. The van der Waals surface area contributed by atoms with E-state index in [4.69, 9.17) is 19.7 Å². The Bertz CT molecular complexity index is 524. The SMILES string of the molecule is CC(=O)OC(C(=O)NCCC(=O)O)C(OC(C)=O)C(=O)NCCC(=O)O. The predicted octanol–water partition coefficient (Wildman–Crippen LogP) is -1.97. The van der Waals surface area contributed by atoms with Crippen molar-refractivity contribution in [3.63, 3.8) is 0 Å². The van der Waals surface area contributed by atoms with Crippen molar-refractivity contribution in [3.05, 3.63) is 0 Å². The molecule has 2 amide bonds. The fraction of sp³-hybridized carbons (Fsp3) is 0.571. The average molecular weight is 376 g/mol. The molecular weight excluding hydrogens is 356 g/mol. The second-order valence-electron chi connectivity index (χ2n) is 4.93. The van der Waals surface area contributed by atoms with Crippen LogP contribution in [0.2, 0.25) is 0 Å². The Hall–Kier alpha value is -3.18. The number of nitrogens with one attached hydrogen (secondary N) is 2. The van der Waals surface area contributed by atoms with E-state index in [-0.39, 0.29) is 13.1 Å². The highest BCUT2D eigenvalue weighted by Crippen LogP contribution is 2.08. The summed E-state index contributed by atoms with van der Waals surface area (Å²) in [4.78, 5) is 67.6. The summed E-state index contributed by atoms with van der Waals surface area (Å²) in [5, 5.41) is 21.4. The molecule has 0 saturated heterocycles. The molecule has 0 aromatic rings. The van der Waals surface area contributed by atoms with Crippen LogP contribution in [0.25, 0.3) is 0 Å². The molecule has 0 aliphatic rings. The van der Waals surface area contributed by atoms with Crippen molar-refractivity contribution in [2.45, 2.75) is 38.9 Å². The zero-order valence-electron chi connectivity index (χ0n) is 14.1. The Balaban J connectivity index is 5.24. The number of carbonyl (C=O) groups excluding carboxylic acids is 4. The monoisotopic (exact) mass is 376 g/mol. The topological polar surface area (TPSA) is 185 Å². The van der Waals surface area contributed by atoms with Crippen molar-refractivity contribution in [3.8, 4) is 0 Å². The van der Waals surface area contributed by atoms with Crippen molar-refractivity contribution in [2.75, 3.05) is 13.1 Å². The summed E-state index contributed by atoms with van der Waals surface area (Å²) < 4.78 is 9.46. The van der Waals surface area contributed by atoms with Gasteiger partial charge >= 0.3 is 23.9 Å². The second-order valence-corrected chi connectivity index (χ2v) is 4.93. The van der Waals surface area contributed by atoms with Gasteiger partial charge in [-0.2, -0.15) is 0 Å². The summed E-state index contributed by atoms with van der Waals surface area (Å²) in [6.07, 6.45) is -4.62. The first kappa shape index (κ1) is 22.8. The fourth-order valence-corrected chi connectivity index (χ4v) is 1.65. The molecule has 26 heavy (non-hydrogen) atoms. The number of rotatable bonds is 11. The third-order valence-corrected chi connectivity index (χ3v) is 2.65. The van der Waals surface area contributed by atoms with E-state index in [1.807, 2.05) is 0 Å². The van der Waals surface area contributed by atoms with Crippen LogP contribution in [-0.4, -0.2) is 71.2 Å². The van der Waals surface area contributed by atoms with Crippen LogP contribution in [-0.2, 0) is 38.2 Å². The van der Waals surface area contributed by atoms with Gasteiger partial charge in [0.1, 0.15) is 0 Å². The number of carbonyl (C=O) groups is 6. The molecule has 0 aromatic carbocycles. The van der Waals surface area contributed by atoms with E-state index < -0.39 is 60.7 Å². The highest BCUT2D eigenvalue weighted by Gasteiger charge is 2.39. The smallest absolute Gasteiger partial charge is 0.305 e. The van der Waals surface area contributed by atoms with Gasteiger partial charge in [-0.3, -0.25) is 28.8 Å². The number of hydrogen-bond donors (Lipinski definition) is 4. The molecule has 0 spiro atoms. The normalized spacial score (nSPS) is 12.2. The summed E-state index contributed by atoms with van der Waals surface area (Å²) >= 11 is 0. The van der Waals surface area contributed by atoms with Crippen LogP contribution in [0.15, 0.2) is 0 Å². The van der Waals surface area contributed by atoms with Crippen LogP contribution in [0, 0.1) is 0 Å². The fourth-order valence-electron chi connectivity index (χ4n) is 1.65. The van der Waals surface area contributed by atoms with E-state index in [0.29, 0.717) is 0 Å². The molecule has 0 aromatic heterocycles. The van der Waals surface area contributed by atoms with Crippen molar-refractivity contribution >= 4 is 35.7 Å². The third-order valence-electron chi connectivity index (χ3n) is 2.65. The van der Waals surface area contributed by atoms with Crippen LogP contribution < -0.4 is 10.6 Å². The first-order valence-corrected chi connectivity index (χ1v) is 7.38. The maximum Gasteiger partial charge on any atom is 0.305 e. The number of aliphatic carboxylic acids is 2. The summed E-state index contributed by atoms with van der Waals surface area (Å²) in [6, 6.07) is 0. The van der Waals surface area contributed by atoms with Gasteiger partial charge in [-0.1, -0.05) is 0 Å². The van der Waals surface area contributed by atoms with Crippen molar-refractivity contribution < 1.29 is 48.5 Å².